The summed E-state index contributed by atoms with van der Waals surface area (Å²) in [5.74, 6) is 1.80. The predicted molar refractivity (Wildman–Crippen MR) is 72.0 cm³/mol. The second-order valence-electron chi connectivity index (χ2n) is 3.94. The predicted octanol–water partition coefficient (Wildman–Crippen LogP) is 4.22. The Kier molecular flexibility index (Phi) is 6.53. The van der Waals surface area contributed by atoms with Gasteiger partial charge in [-0.05, 0) is 30.5 Å². The summed E-state index contributed by atoms with van der Waals surface area (Å²) in [5.41, 5.74) is 1.35. The van der Waals surface area contributed by atoms with Crippen molar-refractivity contribution in [3.63, 3.8) is 0 Å². The summed E-state index contributed by atoms with van der Waals surface area (Å²) in [4.78, 5) is 0. The smallest absolute Gasteiger partial charge is 0.161 e. The molecule has 0 radical (unpaired) electrons. The zero-order chi connectivity index (χ0) is 12.5. The van der Waals surface area contributed by atoms with Crippen molar-refractivity contribution in [1.29, 1.82) is 0 Å². The van der Waals surface area contributed by atoms with Crippen LogP contribution < -0.4 is 9.47 Å². The zero-order valence-corrected chi connectivity index (χ0v) is 11.3. The second kappa shape index (κ2) is 7.99. The van der Waals surface area contributed by atoms with Gasteiger partial charge < -0.3 is 9.47 Å². The quantitative estimate of drug-likeness (QED) is 0.729. The molecule has 96 valence electrons. The molecule has 0 spiro atoms. The minimum absolute atomic E-state index is 0.669. The van der Waals surface area contributed by atoms with Crippen LogP contribution >= 0.6 is 0 Å². The summed E-state index contributed by atoms with van der Waals surface area (Å²) in [6.45, 7) is 7.57. The van der Waals surface area contributed by atoms with Gasteiger partial charge in [-0.1, -0.05) is 39.7 Å². The van der Waals surface area contributed by atoms with Gasteiger partial charge in [0, 0.05) is 0 Å². The fourth-order valence-electron chi connectivity index (χ4n) is 1.82. The Labute approximate surface area is 105 Å². The Morgan fingerprint density at radius 3 is 2.41 bits per heavy atom. The van der Waals surface area contributed by atoms with Crippen LogP contribution in [0.2, 0.25) is 0 Å². The van der Waals surface area contributed by atoms with E-state index in [1.165, 1.54) is 24.8 Å². The van der Waals surface area contributed by atoms with Crippen LogP contribution in [0.1, 0.15) is 45.6 Å². The zero-order valence-electron chi connectivity index (χ0n) is 11.3. The van der Waals surface area contributed by atoms with E-state index < -0.39 is 0 Å². The van der Waals surface area contributed by atoms with Crippen molar-refractivity contribution < 1.29 is 9.47 Å². The highest BCUT2D eigenvalue weighted by Crippen LogP contribution is 2.31. The molecule has 1 aromatic carbocycles. The van der Waals surface area contributed by atoms with Crippen LogP contribution in [0.25, 0.3) is 0 Å². The Morgan fingerprint density at radius 1 is 1.00 bits per heavy atom. The van der Waals surface area contributed by atoms with Crippen molar-refractivity contribution in [3.8, 4) is 11.5 Å². The van der Waals surface area contributed by atoms with Crippen molar-refractivity contribution >= 4 is 0 Å². The number of benzene rings is 1. The van der Waals surface area contributed by atoms with E-state index >= 15 is 0 Å². The lowest BCUT2D eigenvalue weighted by Crippen LogP contribution is -2.15. The summed E-state index contributed by atoms with van der Waals surface area (Å²) in [6.07, 6.45) is 4.97. The molecule has 0 saturated carbocycles. The summed E-state index contributed by atoms with van der Waals surface area (Å²) in [7, 11) is 0. The first-order chi connectivity index (χ1) is 8.40. The van der Waals surface area contributed by atoms with Crippen molar-refractivity contribution in [2.24, 2.45) is 0 Å². The molecule has 0 aliphatic carbocycles. The lowest BCUT2D eigenvalue weighted by Gasteiger charge is -2.18. The van der Waals surface area contributed by atoms with Crippen molar-refractivity contribution in [3.05, 3.63) is 23.8 Å². The molecule has 2 heteroatoms. The van der Waals surface area contributed by atoms with E-state index in [0.29, 0.717) is 13.2 Å². The molecule has 17 heavy (non-hydrogen) atoms. The molecular weight excluding hydrogens is 212 g/mol. The number of hydrogen-bond acceptors (Lipinski definition) is 2. The molecule has 1 heterocycles. The van der Waals surface area contributed by atoms with Gasteiger partial charge in [-0.3, -0.25) is 0 Å². The van der Waals surface area contributed by atoms with Gasteiger partial charge in [0.25, 0.3) is 0 Å². The lowest BCUT2D eigenvalue weighted by molar-refractivity contribution is 0.171. The van der Waals surface area contributed by atoms with E-state index in [-0.39, 0.29) is 0 Å². The van der Waals surface area contributed by atoms with E-state index in [1.807, 2.05) is 19.9 Å². The van der Waals surface area contributed by atoms with Gasteiger partial charge in [0.05, 0.1) is 0 Å². The monoisotopic (exact) mass is 236 g/mol. The third-order valence-electron chi connectivity index (χ3n) is 2.68. The molecule has 1 aromatic rings. The van der Waals surface area contributed by atoms with Crippen LogP contribution in [0.5, 0.6) is 11.5 Å². The SMILES string of the molecule is CC.CCCCCc1ccc2c(c1)OCCO2. The maximum atomic E-state index is 5.55. The van der Waals surface area contributed by atoms with Gasteiger partial charge in [0.2, 0.25) is 0 Å². The minimum Gasteiger partial charge on any atom is -0.486 e. The average molecular weight is 236 g/mol. The Hall–Kier alpha value is -1.18. The highest BCUT2D eigenvalue weighted by atomic mass is 16.6. The lowest BCUT2D eigenvalue weighted by atomic mass is 10.1. The molecule has 0 saturated heterocycles. The molecule has 0 fully saturated rings. The molecule has 0 atom stereocenters. The van der Waals surface area contributed by atoms with E-state index in [0.717, 1.165) is 17.9 Å². The van der Waals surface area contributed by atoms with Crippen LogP contribution in [0.4, 0.5) is 0 Å². The molecule has 0 bridgehead atoms. The average Bonchev–Trinajstić information content (AvgIpc) is 2.41. The van der Waals surface area contributed by atoms with E-state index in [9.17, 15) is 0 Å². The Balaban J connectivity index is 0.000000686. The van der Waals surface area contributed by atoms with Gasteiger partial charge in [0.15, 0.2) is 11.5 Å². The normalized spacial score (nSPS) is 12.6. The molecule has 1 aliphatic heterocycles. The van der Waals surface area contributed by atoms with E-state index in [2.05, 4.69) is 19.1 Å². The van der Waals surface area contributed by atoms with Gasteiger partial charge in [-0.2, -0.15) is 0 Å². The number of fused-ring (bicyclic) bond motifs is 1. The third kappa shape index (κ3) is 4.29. The van der Waals surface area contributed by atoms with Gasteiger partial charge in [-0.25, -0.2) is 0 Å². The minimum atomic E-state index is 0.669. The summed E-state index contributed by atoms with van der Waals surface area (Å²) >= 11 is 0. The van der Waals surface area contributed by atoms with Crippen LogP contribution in [0.3, 0.4) is 0 Å². The Morgan fingerprint density at radius 2 is 1.71 bits per heavy atom. The van der Waals surface area contributed by atoms with Crippen molar-refractivity contribution in [2.45, 2.75) is 46.5 Å². The highest BCUT2D eigenvalue weighted by Gasteiger charge is 2.11. The van der Waals surface area contributed by atoms with Crippen LogP contribution in [0.15, 0.2) is 18.2 Å². The van der Waals surface area contributed by atoms with Crippen molar-refractivity contribution in [1.82, 2.24) is 0 Å². The Bertz CT molecular complexity index is 321. The fraction of sp³-hybridized carbons (Fsp3) is 0.600. The number of unbranched alkanes of at least 4 members (excludes halogenated alkanes) is 2. The van der Waals surface area contributed by atoms with Crippen molar-refractivity contribution in [2.75, 3.05) is 13.2 Å². The fourth-order valence-corrected chi connectivity index (χ4v) is 1.82. The maximum absolute atomic E-state index is 5.55. The van der Waals surface area contributed by atoms with E-state index in [1.54, 1.807) is 0 Å². The van der Waals surface area contributed by atoms with Crippen LogP contribution in [-0.4, -0.2) is 13.2 Å². The largest absolute Gasteiger partial charge is 0.486 e. The number of aryl methyl sites for hydroxylation is 1. The summed E-state index contributed by atoms with van der Waals surface area (Å²) < 4.78 is 11.0. The first kappa shape index (κ1) is 13.9. The summed E-state index contributed by atoms with van der Waals surface area (Å²) in [6, 6.07) is 6.28. The number of ether oxygens (including phenoxy) is 2. The van der Waals surface area contributed by atoms with Gasteiger partial charge >= 0.3 is 0 Å². The summed E-state index contributed by atoms with van der Waals surface area (Å²) in [5, 5.41) is 0. The molecule has 0 aromatic heterocycles. The molecule has 0 N–H and O–H groups in total. The molecule has 0 unspecified atom stereocenters. The van der Waals surface area contributed by atoms with E-state index in [4.69, 9.17) is 9.47 Å². The first-order valence-electron chi connectivity index (χ1n) is 6.78. The number of rotatable bonds is 4. The topological polar surface area (TPSA) is 18.5 Å². The van der Waals surface area contributed by atoms with Crippen LogP contribution in [0, 0.1) is 0 Å². The van der Waals surface area contributed by atoms with Crippen LogP contribution in [-0.2, 0) is 6.42 Å². The number of hydrogen-bond donors (Lipinski definition) is 0. The molecular formula is C15H24O2. The molecule has 1 aliphatic rings. The molecule has 0 amide bonds. The molecule has 2 rings (SSSR count). The van der Waals surface area contributed by atoms with Gasteiger partial charge in [0.1, 0.15) is 13.2 Å². The third-order valence-corrected chi connectivity index (χ3v) is 2.68. The second-order valence-corrected chi connectivity index (χ2v) is 3.94. The standard InChI is InChI=1S/C13H18O2.C2H6/c1-2-3-4-5-11-6-7-12-13(10-11)15-9-8-14-12;1-2/h6-7,10H,2-5,8-9H2,1H3;1-2H3. The highest BCUT2D eigenvalue weighted by molar-refractivity contribution is 5.43. The molecule has 2 nitrogen and oxygen atoms in total. The van der Waals surface area contributed by atoms with Gasteiger partial charge in [-0.15, -0.1) is 0 Å². The maximum Gasteiger partial charge on any atom is 0.161 e. The first-order valence-corrected chi connectivity index (χ1v) is 6.78.